The molecule has 0 N–H and O–H groups in total. The van der Waals surface area contributed by atoms with Crippen LogP contribution in [0.15, 0.2) is 42.1 Å². The van der Waals surface area contributed by atoms with Crippen LogP contribution in [0.5, 0.6) is 0 Å². The molecule has 1 aromatic carbocycles. The topological polar surface area (TPSA) is 53.3 Å². The van der Waals surface area contributed by atoms with Crippen molar-refractivity contribution in [1.82, 2.24) is 9.55 Å². The zero-order valence-electron chi connectivity index (χ0n) is 20.9. The third-order valence-corrected chi connectivity index (χ3v) is 7.42. The summed E-state index contributed by atoms with van der Waals surface area (Å²) in [6.07, 6.45) is 5.50. The average molecular weight is 457 g/mol. The van der Waals surface area contributed by atoms with Gasteiger partial charge in [-0.25, -0.2) is 9.78 Å². The van der Waals surface area contributed by atoms with Gasteiger partial charge < -0.3 is 14.0 Å². The predicted octanol–water partition coefficient (Wildman–Crippen LogP) is 6.22. The number of carbonyl (C=O) groups is 1. The standard InChI is InChI=1S/C26H40N2O3Si/c1-8-11-17-24-27-19-23(28(24)26(31-10-3)32(5,6)7)20(4)22(25(29)30-9-2)18-21-15-13-12-14-16-21/h12-16,19,26H,8-11,17-18H2,1-7H3. The number of hydrogen-bond acceptors (Lipinski definition) is 4. The van der Waals surface area contributed by atoms with Gasteiger partial charge in [0.25, 0.3) is 0 Å². The Bertz CT molecular complexity index is 898. The number of rotatable bonds is 12. The number of benzene rings is 1. The molecular formula is C26H40N2O3Si. The summed E-state index contributed by atoms with van der Waals surface area (Å²) in [6.45, 7) is 16.0. The Balaban J connectivity index is 2.67. The third kappa shape index (κ3) is 6.66. The van der Waals surface area contributed by atoms with Gasteiger partial charge in [-0.3, -0.25) is 0 Å². The molecule has 0 saturated heterocycles. The molecule has 32 heavy (non-hydrogen) atoms. The van der Waals surface area contributed by atoms with Crippen LogP contribution in [0.1, 0.15) is 63.5 Å². The first-order chi connectivity index (χ1) is 15.2. The number of aryl methyl sites for hydroxylation is 1. The van der Waals surface area contributed by atoms with E-state index in [1.54, 1.807) is 0 Å². The van der Waals surface area contributed by atoms with Gasteiger partial charge in [-0.15, -0.1) is 0 Å². The summed E-state index contributed by atoms with van der Waals surface area (Å²) in [7, 11) is -1.75. The molecular weight excluding hydrogens is 416 g/mol. The highest BCUT2D eigenvalue weighted by Crippen LogP contribution is 2.32. The largest absolute Gasteiger partial charge is 0.463 e. The van der Waals surface area contributed by atoms with E-state index < -0.39 is 8.07 Å². The molecule has 0 aliphatic rings. The lowest BCUT2D eigenvalue weighted by molar-refractivity contribution is -0.138. The highest BCUT2D eigenvalue weighted by atomic mass is 28.3. The van der Waals surface area contributed by atoms with Crippen molar-refractivity contribution in [2.24, 2.45) is 0 Å². The number of imidazole rings is 1. The van der Waals surface area contributed by atoms with Crippen LogP contribution in [0.4, 0.5) is 0 Å². The van der Waals surface area contributed by atoms with Gasteiger partial charge in [-0.1, -0.05) is 63.3 Å². The maximum atomic E-state index is 13.0. The molecule has 0 amide bonds. The number of hydrogen-bond donors (Lipinski definition) is 0. The summed E-state index contributed by atoms with van der Waals surface area (Å²) in [5, 5.41) is 0. The number of aromatic nitrogens is 2. The Kier molecular flexibility index (Phi) is 9.91. The summed E-state index contributed by atoms with van der Waals surface area (Å²) in [5.74, 6) is 0.717. The lowest BCUT2D eigenvalue weighted by Gasteiger charge is -2.33. The zero-order chi connectivity index (χ0) is 23.7. The number of unbranched alkanes of at least 4 members (excludes halogenated alkanes) is 1. The van der Waals surface area contributed by atoms with Crippen LogP contribution in [0.3, 0.4) is 0 Å². The Morgan fingerprint density at radius 3 is 2.34 bits per heavy atom. The van der Waals surface area contributed by atoms with Crippen LogP contribution < -0.4 is 0 Å². The number of allylic oxidation sites excluding steroid dienone is 1. The van der Waals surface area contributed by atoms with Gasteiger partial charge >= 0.3 is 5.97 Å². The number of ether oxygens (including phenoxy) is 2. The molecule has 2 aromatic rings. The monoisotopic (exact) mass is 456 g/mol. The lowest BCUT2D eigenvalue weighted by atomic mass is 9.99. The van der Waals surface area contributed by atoms with Crippen molar-refractivity contribution in [3.8, 4) is 0 Å². The molecule has 0 radical (unpaired) electrons. The summed E-state index contributed by atoms with van der Waals surface area (Å²) < 4.78 is 14.0. The van der Waals surface area contributed by atoms with Crippen LogP contribution in [0.25, 0.3) is 5.57 Å². The summed E-state index contributed by atoms with van der Waals surface area (Å²) in [4.78, 5) is 17.8. The molecule has 1 aromatic heterocycles. The van der Waals surface area contributed by atoms with E-state index >= 15 is 0 Å². The van der Waals surface area contributed by atoms with Crippen LogP contribution in [0.2, 0.25) is 19.6 Å². The second-order valence-electron chi connectivity index (χ2n) is 9.19. The summed E-state index contributed by atoms with van der Waals surface area (Å²) in [6, 6.07) is 10.1. The zero-order valence-corrected chi connectivity index (χ0v) is 21.9. The van der Waals surface area contributed by atoms with Crippen molar-refractivity contribution in [1.29, 1.82) is 0 Å². The SMILES string of the molecule is CCCCc1ncc(C(C)=C(Cc2ccccc2)C(=O)OCC)n1C(OCC)[Si](C)(C)C. The van der Waals surface area contributed by atoms with Gasteiger partial charge in [0.15, 0.2) is 0 Å². The van der Waals surface area contributed by atoms with Crippen LogP contribution in [0, 0.1) is 0 Å². The number of nitrogens with zero attached hydrogens (tertiary/aromatic N) is 2. The molecule has 0 bridgehead atoms. The Labute approximate surface area is 194 Å². The van der Waals surface area contributed by atoms with E-state index in [1.807, 2.05) is 57.3 Å². The Hall–Kier alpha value is -2.18. The summed E-state index contributed by atoms with van der Waals surface area (Å²) >= 11 is 0. The fraction of sp³-hybridized carbons (Fsp3) is 0.538. The van der Waals surface area contributed by atoms with Gasteiger partial charge in [0.05, 0.1) is 18.5 Å². The van der Waals surface area contributed by atoms with Crippen LogP contribution >= 0.6 is 0 Å². The molecule has 5 nitrogen and oxygen atoms in total. The van der Waals surface area contributed by atoms with E-state index in [1.165, 1.54) is 0 Å². The fourth-order valence-electron chi connectivity index (χ4n) is 3.86. The van der Waals surface area contributed by atoms with Crippen molar-refractivity contribution < 1.29 is 14.3 Å². The normalized spacial score (nSPS) is 13.6. The van der Waals surface area contributed by atoms with Gasteiger partial charge in [0, 0.05) is 25.0 Å². The fourth-order valence-corrected chi connectivity index (χ4v) is 5.59. The molecule has 0 aliphatic carbocycles. The van der Waals surface area contributed by atoms with E-state index in [9.17, 15) is 4.79 Å². The molecule has 1 heterocycles. The molecule has 0 saturated carbocycles. The smallest absolute Gasteiger partial charge is 0.334 e. The Morgan fingerprint density at radius 1 is 1.09 bits per heavy atom. The van der Waals surface area contributed by atoms with Gasteiger partial charge in [-0.05, 0) is 38.3 Å². The van der Waals surface area contributed by atoms with Crippen molar-refractivity contribution in [2.75, 3.05) is 13.2 Å². The molecule has 176 valence electrons. The second kappa shape index (κ2) is 12.2. The average Bonchev–Trinajstić information content (AvgIpc) is 3.17. The minimum atomic E-state index is -1.75. The minimum absolute atomic E-state index is 0.0491. The lowest BCUT2D eigenvalue weighted by Crippen LogP contribution is -2.39. The molecule has 0 aliphatic heterocycles. The van der Waals surface area contributed by atoms with Crippen molar-refractivity contribution >= 4 is 19.6 Å². The second-order valence-corrected chi connectivity index (χ2v) is 14.4. The first kappa shape index (κ1) is 26.1. The quantitative estimate of drug-likeness (QED) is 0.216. The van der Waals surface area contributed by atoms with Crippen molar-refractivity contribution in [3.05, 3.63) is 59.2 Å². The number of esters is 1. The summed E-state index contributed by atoms with van der Waals surface area (Å²) in [5.41, 5.74) is 3.62. The van der Waals surface area contributed by atoms with Gasteiger partial charge in [-0.2, -0.15) is 0 Å². The molecule has 1 atom stereocenters. The molecule has 0 fully saturated rings. The van der Waals surface area contributed by atoms with E-state index in [2.05, 4.69) is 31.1 Å². The third-order valence-electron chi connectivity index (χ3n) is 5.51. The molecule has 0 spiro atoms. The van der Waals surface area contributed by atoms with E-state index in [-0.39, 0.29) is 11.8 Å². The van der Waals surface area contributed by atoms with E-state index in [4.69, 9.17) is 14.5 Å². The molecule has 6 heteroatoms. The van der Waals surface area contributed by atoms with E-state index in [0.29, 0.717) is 25.2 Å². The Morgan fingerprint density at radius 2 is 1.78 bits per heavy atom. The number of carbonyl (C=O) groups excluding carboxylic acids is 1. The highest BCUT2D eigenvalue weighted by Gasteiger charge is 2.33. The first-order valence-corrected chi connectivity index (χ1v) is 15.4. The minimum Gasteiger partial charge on any atom is -0.463 e. The molecule has 1 unspecified atom stereocenters. The van der Waals surface area contributed by atoms with Crippen LogP contribution in [-0.4, -0.2) is 36.8 Å². The van der Waals surface area contributed by atoms with Crippen molar-refractivity contribution in [3.63, 3.8) is 0 Å². The van der Waals surface area contributed by atoms with Gasteiger partial charge in [0.1, 0.15) is 19.7 Å². The highest BCUT2D eigenvalue weighted by molar-refractivity contribution is 6.76. The van der Waals surface area contributed by atoms with E-state index in [0.717, 1.165) is 41.9 Å². The van der Waals surface area contributed by atoms with Crippen molar-refractivity contribution in [2.45, 2.75) is 78.9 Å². The maximum absolute atomic E-state index is 13.0. The van der Waals surface area contributed by atoms with Gasteiger partial charge in [0.2, 0.25) is 0 Å². The predicted molar refractivity (Wildman–Crippen MR) is 134 cm³/mol. The maximum Gasteiger partial charge on any atom is 0.334 e. The van der Waals surface area contributed by atoms with Crippen LogP contribution in [-0.2, 0) is 27.1 Å². The first-order valence-electron chi connectivity index (χ1n) is 11.8. The molecule has 2 rings (SSSR count).